The van der Waals surface area contributed by atoms with Crippen LogP contribution in [0.3, 0.4) is 0 Å². The van der Waals surface area contributed by atoms with Crippen molar-refractivity contribution >= 4 is 72.3 Å². The highest BCUT2D eigenvalue weighted by Crippen LogP contribution is 2.39. The van der Waals surface area contributed by atoms with Gasteiger partial charge in [-0.15, -0.1) is 0 Å². The summed E-state index contributed by atoms with van der Waals surface area (Å²) in [6.07, 6.45) is 0. The van der Waals surface area contributed by atoms with E-state index < -0.39 is 7.14 Å². The monoisotopic (exact) mass is 520 g/mol. The van der Waals surface area contributed by atoms with Crippen LogP contribution in [0.4, 0.5) is 0 Å². The van der Waals surface area contributed by atoms with Crippen molar-refractivity contribution < 1.29 is 4.57 Å². The molecule has 39 heavy (non-hydrogen) atoms. The Morgan fingerprint density at radius 2 is 1.31 bits per heavy atom. The van der Waals surface area contributed by atoms with E-state index in [1.165, 1.54) is 21.5 Å². The average molecular weight is 521 g/mol. The summed E-state index contributed by atoms with van der Waals surface area (Å²) in [6, 6.07) is 40.9. The number of pyridine rings is 1. The average Bonchev–Trinajstić information content (AvgIpc) is 3.36. The van der Waals surface area contributed by atoms with Gasteiger partial charge in [0.1, 0.15) is 12.8 Å². The smallest absolute Gasteiger partial charge is 0.146 e. The van der Waals surface area contributed by atoms with Crippen LogP contribution in [0.25, 0.3) is 71.0 Å². The van der Waals surface area contributed by atoms with Gasteiger partial charge in [-0.1, -0.05) is 78.9 Å². The zero-order chi connectivity index (χ0) is 26.3. The van der Waals surface area contributed by atoms with Gasteiger partial charge in [-0.25, -0.2) is 4.98 Å². The standard InChI is InChI=1S/C35H25N2OP/c1-39(2,38)27-16-13-22-11-12-24(19-26(22)20-27)25-15-17-29-33(21-25)37-32-10-6-5-9-31(32)36-35(37)30-18-14-23-7-3-4-8-28(23)34(29)30/h3-21H,1-2H3. The molecule has 0 N–H and O–H groups in total. The van der Waals surface area contributed by atoms with E-state index in [1.54, 1.807) is 0 Å². The zero-order valence-electron chi connectivity index (χ0n) is 21.7. The maximum Gasteiger partial charge on any atom is 0.146 e. The van der Waals surface area contributed by atoms with Crippen molar-refractivity contribution in [2.45, 2.75) is 0 Å². The third-order valence-corrected chi connectivity index (χ3v) is 9.54. The molecule has 4 heteroatoms. The molecule has 8 rings (SSSR count). The molecule has 0 fully saturated rings. The van der Waals surface area contributed by atoms with E-state index in [0.717, 1.165) is 54.8 Å². The van der Waals surface area contributed by atoms with Crippen molar-refractivity contribution in [1.29, 1.82) is 0 Å². The second-order valence-corrected chi connectivity index (χ2v) is 14.0. The van der Waals surface area contributed by atoms with Crippen LogP contribution in [0.2, 0.25) is 0 Å². The van der Waals surface area contributed by atoms with E-state index in [0.29, 0.717) is 0 Å². The first-order valence-electron chi connectivity index (χ1n) is 13.2. The van der Waals surface area contributed by atoms with E-state index in [4.69, 9.17) is 4.98 Å². The Labute approximate surface area is 225 Å². The number of hydrogen-bond donors (Lipinski definition) is 0. The summed E-state index contributed by atoms with van der Waals surface area (Å²) in [6.45, 7) is 3.66. The number of para-hydroxylation sites is 2. The number of fused-ring (bicyclic) bond motifs is 11. The highest BCUT2D eigenvalue weighted by molar-refractivity contribution is 7.70. The Hall–Kier alpha value is -4.46. The fraction of sp³-hybridized carbons (Fsp3) is 0.0571. The largest absolute Gasteiger partial charge is 0.319 e. The van der Waals surface area contributed by atoms with Gasteiger partial charge in [-0.05, 0) is 82.4 Å². The van der Waals surface area contributed by atoms with Crippen molar-refractivity contribution in [3.8, 4) is 11.1 Å². The maximum absolute atomic E-state index is 12.8. The Kier molecular flexibility index (Phi) is 4.63. The summed E-state index contributed by atoms with van der Waals surface area (Å²) in [5.74, 6) is 0. The molecule has 186 valence electrons. The molecule has 2 aromatic heterocycles. The van der Waals surface area contributed by atoms with Gasteiger partial charge in [-0.2, -0.15) is 0 Å². The number of aromatic nitrogens is 2. The van der Waals surface area contributed by atoms with Crippen LogP contribution >= 0.6 is 7.14 Å². The molecule has 0 aliphatic heterocycles. The maximum atomic E-state index is 12.8. The predicted molar refractivity (Wildman–Crippen MR) is 167 cm³/mol. The van der Waals surface area contributed by atoms with Gasteiger partial charge in [0.15, 0.2) is 0 Å². The molecular weight excluding hydrogens is 495 g/mol. The molecule has 0 atom stereocenters. The summed E-state index contributed by atoms with van der Waals surface area (Å²) < 4.78 is 15.1. The fourth-order valence-corrected chi connectivity index (χ4v) is 6.94. The normalized spacial score (nSPS) is 12.5. The van der Waals surface area contributed by atoms with Crippen LogP contribution in [0, 0.1) is 0 Å². The van der Waals surface area contributed by atoms with Gasteiger partial charge in [0.2, 0.25) is 0 Å². The van der Waals surface area contributed by atoms with Crippen LogP contribution in [0.1, 0.15) is 0 Å². The Morgan fingerprint density at radius 3 is 2.21 bits per heavy atom. The summed E-state index contributed by atoms with van der Waals surface area (Å²) in [7, 11) is -2.34. The quantitative estimate of drug-likeness (QED) is 0.168. The fourth-order valence-electron chi connectivity index (χ4n) is 6.05. The molecule has 2 heterocycles. The van der Waals surface area contributed by atoms with E-state index in [9.17, 15) is 4.57 Å². The molecule has 6 aromatic carbocycles. The molecular formula is C35H25N2OP. The lowest BCUT2D eigenvalue weighted by atomic mass is 9.96. The van der Waals surface area contributed by atoms with Gasteiger partial charge >= 0.3 is 0 Å². The first-order valence-corrected chi connectivity index (χ1v) is 15.8. The van der Waals surface area contributed by atoms with Gasteiger partial charge in [-0.3, -0.25) is 4.40 Å². The third-order valence-electron chi connectivity index (χ3n) is 8.02. The number of benzene rings is 6. The first kappa shape index (κ1) is 22.5. The molecule has 0 unspecified atom stereocenters. The Morgan fingerprint density at radius 1 is 0.590 bits per heavy atom. The second-order valence-electron chi connectivity index (χ2n) is 10.8. The molecule has 3 nitrogen and oxygen atoms in total. The Balaban J connectivity index is 1.48. The van der Waals surface area contributed by atoms with Crippen molar-refractivity contribution in [2.24, 2.45) is 0 Å². The van der Waals surface area contributed by atoms with Crippen molar-refractivity contribution in [3.05, 3.63) is 115 Å². The number of hydrogen-bond acceptors (Lipinski definition) is 2. The van der Waals surface area contributed by atoms with Gasteiger partial charge < -0.3 is 4.57 Å². The van der Waals surface area contributed by atoms with Gasteiger partial charge in [0, 0.05) is 21.5 Å². The van der Waals surface area contributed by atoms with E-state index in [-0.39, 0.29) is 0 Å². The van der Waals surface area contributed by atoms with E-state index >= 15 is 0 Å². The van der Waals surface area contributed by atoms with Crippen LogP contribution < -0.4 is 5.30 Å². The molecule has 0 saturated carbocycles. The minimum absolute atomic E-state index is 0.913. The molecule has 8 aromatic rings. The minimum atomic E-state index is -2.34. The second kappa shape index (κ2) is 8.02. The summed E-state index contributed by atoms with van der Waals surface area (Å²) >= 11 is 0. The van der Waals surface area contributed by atoms with E-state index in [1.807, 2.05) is 19.4 Å². The first-order chi connectivity index (χ1) is 19.0. The van der Waals surface area contributed by atoms with Crippen molar-refractivity contribution in [1.82, 2.24) is 9.38 Å². The number of nitrogens with zero attached hydrogens (tertiary/aromatic N) is 2. The minimum Gasteiger partial charge on any atom is -0.319 e. The van der Waals surface area contributed by atoms with Crippen LogP contribution in [-0.2, 0) is 4.57 Å². The molecule has 0 spiro atoms. The Bertz CT molecular complexity index is 2340. The summed E-state index contributed by atoms with van der Waals surface area (Å²) in [5, 5.41) is 9.25. The zero-order valence-corrected chi connectivity index (χ0v) is 22.6. The SMILES string of the molecule is CP(C)(=O)c1ccc2ccc(-c3ccc4c5c6ccccc6ccc5c5nc6ccccc6n5c4c3)cc2c1. The molecule has 0 saturated heterocycles. The lowest BCUT2D eigenvalue weighted by Crippen LogP contribution is -2.01. The summed E-state index contributed by atoms with van der Waals surface area (Å²) in [4.78, 5) is 5.11. The molecule has 0 amide bonds. The highest BCUT2D eigenvalue weighted by Gasteiger charge is 2.17. The third kappa shape index (κ3) is 3.37. The summed E-state index contributed by atoms with van der Waals surface area (Å²) in [5.41, 5.74) is 6.50. The molecule has 0 bridgehead atoms. The number of imidazole rings is 1. The topological polar surface area (TPSA) is 34.4 Å². The van der Waals surface area contributed by atoms with Crippen LogP contribution in [0.5, 0.6) is 0 Å². The lowest BCUT2D eigenvalue weighted by Gasteiger charge is -2.14. The lowest BCUT2D eigenvalue weighted by molar-refractivity contribution is 0.588. The highest BCUT2D eigenvalue weighted by atomic mass is 31.2. The van der Waals surface area contributed by atoms with Crippen molar-refractivity contribution in [3.63, 3.8) is 0 Å². The van der Waals surface area contributed by atoms with Crippen LogP contribution in [0.15, 0.2) is 115 Å². The number of rotatable bonds is 2. The van der Waals surface area contributed by atoms with Crippen molar-refractivity contribution in [2.75, 3.05) is 13.3 Å². The van der Waals surface area contributed by atoms with Gasteiger partial charge in [0.05, 0.1) is 16.6 Å². The van der Waals surface area contributed by atoms with Gasteiger partial charge in [0.25, 0.3) is 0 Å². The molecule has 0 aliphatic carbocycles. The molecule has 0 radical (unpaired) electrons. The molecule has 0 aliphatic rings. The van der Waals surface area contributed by atoms with Crippen LogP contribution in [-0.4, -0.2) is 22.7 Å². The predicted octanol–water partition coefficient (Wildman–Crippen LogP) is 9.02. The van der Waals surface area contributed by atoms with E-state index in [2.05, 4.69) is 114 Å².